The number of hydrogen-bond donors (Lipinski definition) is 0. The molecule has 34 heavy (non-hydrogen) atoms. The minimum atomic E-state index is 0.919. The Labute approximate surface area is 206 Å². The highest BCUT2D eigenvalue weighted by Crippen LogP contribution is 2.18. The topological polar surface area (TPSA) is 10.4 Å². The molecule has 0 saturated carbocycles. The molecule has 1 heterocycles. The maximum atomic E-state index is 2.37. The van der Waals surface area contributed by atoms with Gasteiger partial charge in [0.15, 0.2) is 0 Å². The monoisotopic (exact) mass is 454 g/mol. The van der Waals surface area contributed by atoms with Gasteiger partial charge in [-0.15, -0.1) is 0 Å². The van der Waals surface area contributed by atoms with E-state index in [1.54, 1.807) is 0 Å². The van der Waals surface area contributed by atoms with E-state index in [0.717, 1.165) is 32.7 Å². The summed E-state index contributed by atoms with van der Waals surface area (Å²) in [6, 6.07) is 24.2. The quantitative estimate of drug-likeness (QED) is 0.288. The molecule has 0 saturated heterocycles. The number of benzene rings is 2. The third kappa shape index (κ3) is 6.38. The second-order valence-corrected chi connectivity index (χ2v) is 8.31. The molecule has 178 valence electrons. The lowest BCUT2D eigenvalue weighted by molar-refractivity contribution is -0.696. The summed E-state index contributed by atoms with van der Waals surface area (Å²) in [7, 11) is 0. The van der Waals surface area contributed by atoms with Crippen LogP contribution in [0.4, 0.5) is 11.4 Å². The Morgan fingerprint density at radius 3 is 1.24 bits per heavy atom. The summed E-state index contributed by atoms with van der Waals surface area (Å²) in [5.41, 5.74) is 7.40. The van der Waals surface area contributed by atoms with Gasteiger partial charge >= 0.3 is 0 Å². The number of rotatable bonds is 11. The van der Waals surface area contributed by atoms with Crippen molar-refractivity contribution in [3.05, 3.63) is 89.2 Å². The number of anilines is 2. The SMILES string of the molecule is CCN(CC)c1ccc(/C=C/c2cccc(/C=C/c3ccc(N(CC)CC)cc3)[n+]2CC)cc1. The molecule has 0 aliphatic heterocycles. The molecule has 0 N–H and O–H groups in total. The predicted octanol–water partition coefficient (Wildman–Crippen LogP) is 7.03. The lowest BCUT2D eigenvalue weighted by Gasteiger charge is -2.20. The average molecular weight is 455 g/mol. The van der Waals surface area contributed by atoms with E-state index in [2.05, 4.69) is 140 Å². The number of pyridine rings is 1. The molecule has 0 aliphatic carbocycles. The molecule has 0 fully saturated rings. The van der Waals surface area contributed by atoms with Crippen molar-refractivity contribution in [2.75, 3.05) is 36.0 Å². The van der Waals surface area contributed by atoms with E-state index in [4.69, 9.17) is 0 Å². The van der Waals surface area contributed by atoms with Gasteiger partial charge in [0.05, 0.1) is 0 Å². The van der Waals surface area contributed by atoms with Crippen LogP contribution in [0.2, 0.25) is 0 Å². The standard InChI is InChI=1S/C31H40N3/c1-6-32(7-2)28-20-14-26(15-21-28)18-24-30-12-11-13-31(34(30)10-5)25-19-27-16-22-29(23-17-27)33(8-3)9-4/h11-25H,6-10H2,1-5H3/q+1. The van der Waals surface area contributed by atoms with Crippen molar-refractivity contribution in [2.45, 2.75) is 41.2 Å². The molecule has 0 atom stereocenters. The Balaban J connectivity index is 1.77. The molecule has 0 aliphatic rings. The van der Waals surface area contributed by atoms with E-state index in [1.165, 1.54) is 33.9 Å². The van der Waals surface area contributed by atoms with Crippen molar-refractivity contribution in [3.63, 3.8) is 0 Å². The molecule has 2 aromatic carbocycles. The number of hydrogen-bond acceptors (Lipinski definition) is 2. The van der Waals surface area contributed by atoms with Gasteiger partial charge in [-0.1, -0.05) is 24.3 Å². The Morgan fingerprint density at radius 2 is 0.912 bits per heavy atom. The van der Waals surface area contributed by atoms with Crippen LogP contribution in [-0.2, 0) is 6.54 Å². The first-order valence-corrected chi connectivity index (χ1v) is 12.7. The zero-order valence-electron chi connectivity index (χ0n) is 21.5. The van der Waals surface area contributed by atoms with Crippen LogP contribution in [0.1, 0.15) is 57.1 Å². The Morgan fingerprint density at radius 1 is 0.529 bits per heavy atom. The Hall–Kier alpha value is -3.33. The molecule has 3 rings (SSSR count). The van der Waals surface area contributed by atoms with Gasteiger partial charge in [-0.3, -0.25) is 0 Å². The first kappa shape index (κ1) is 25.3. The van der Waals surface area contributed by atoms with Crippen molar-refractivity contribution in [1.29, 1.82) is 0 Å². The third-order valence-electron chi connectivity index (χ3n) is 6.41. The van der Waals surface area contributed by atoms with Gasteiger partial charge in [0, 0.05) is 61.8 Å². The molecule has 1 aromatic heterocycles. The predicted molar refractivity (Wildman–Crippen MR) is 150 cm³/mol. The van der Waals surface area contributed by atoms with Crippen LogP contribution in [0.15, 0.2) is 66.7 Å². The molecular weight excluding hydrogens is 414 g/mol. The van der Waals surface area contributed by atoms with Crippen molar-refractivity contribution in [2.24, 2.45) is 0 Å². The van der Waals surface area contributed by atoms with Gasteiger partial charge in [0.1, 0.15) is 6.54 Å². The van der Waals surface area contributed by atoms with Crippen molar-refractivity contribution < 1.29 is 4.57 Å². The number of aromatic nitrogens is 1. The van der Waals surface area contributed by atoms with Crippen LogP contribution in [0.3, 0.4) is 0 Å². The molecule has 0 bridgehead atoms. The van der Waals surface area contributed by atoms with Gasteiger partial charge < -0.3 is 9.80 Å². The van der Waals surface area contributed by atoms with Gasteiger partial charge in [0.2, 0.25) is 11.4 Å². The largest absolute Gasteiger partial charge is 0.372 e. The Kier molecular flexibility index (Phi) is 9.51. The minimum Gasteiger partial charge on any atom is -0.372 e. The molecule has 0 unspecified atom stereocenters. The van der Waals surface area contributed by atoms with E-state index in [9.17, 15) is 0 Å². The summed E-state index contributed by atoms with van der Waals surface area (Å²) >= 11 is 0. The minimum absolute atomic E-state index is 0.919. The molecule has 3 nitrogen and oxygen atoms in total. The fraction of sp³-hybridized carbons (Fsp3) is 0.323. The van der Waals surface area contributed by atoms with E-state index < -0.39 is 0 Å². The van der Waals surface area contributed by atoms with Crippen LogP contribution in [0.5, 0.6) is 0 Å². The fourth-order valence-corrected chi connectivity index (χ4v) is 4.36. The highest BCUT2D eigenvalue weighted by Gasteiger charge is 2.10. The molecule has 0 spiro atoms. The zero-order valence-corrected chi connectivity index (χ0v) is 21.5. The second kappa shape index (κ2) is 12.8. The summed E-state index contributed by atoms with van der Waals surface area (Å²) in [6.07, 6.45) is 8.83. The van der Waals surface area contributed by atoms with Crippen LogP contribution in [0, 0.1) is 0 Å². The number of nitrogens with zero attached hydrogens (tertiary/aromatic N) is 3. The normalized spacial score (nSPS) is 11.4. The molecule has 0 radical (unpaired) electrons. The highest BCUT2D eigenvalue weighted by molar-refractivity contribution is 5.70. The van der Waals surface area contributed by atoms with Crippen LogP contribution < -0.4 is 14.4 Å². The Bertz CT molecular complexity index is 987. The average Bonchev–Trinajstić information content (AvgIpc) is 2.89. The van der Waals surface area contributed by atoms with Gasteiger partial charge in [0.25, 0.3) is 0 Å². The van der Waals surface area contributed by atoms with E-state index in [-0.39, 0.29) is 0 Å². The third-order valence-corrected chi connectivity index (χ3v) is 6.41. The second-order valence-electron chi connectivity index (χ2n) is 8.31. The first-order valence-electron chi connectivity index (χ1n) is 12.7. The van der Waals surface area contributed by atoms with E-state index in [0.29, 0.717) is 0 Å². The summed E-state index contributed by atoms with van der Waals surface area (Å²) in [5, 5.41) is 0. The summed E-state index contributed by atoms with van der Waals surface area (Å²) in [5.74, 6) is 0. The zero-order chi connectivity index (χ0) is 24.3. The lowest BCUT2D eigenvalue weighted by atomic mass is 10.1. The van der Waals surface area contributed by atoms with Crippen LogP contribution in [0.25, 0.3) is 24.3 Å². The molecule has 3 heteroatoms. The van der Waals surface area contributed by atoms with E-state index in [1.807, 2.05) is 0 Å². The molecule has 0 amide bonds. The maximum Gasteiger partial charge on any atom is 0.205 e. The maximum absolute atomic E-state index is 2.37. The van der Waals surface area contributed by atoms with Gasteiger partial charge in [-0.05, 0) is 88.2 Å². The van der Waals surface area contributed by atoms with Crippen molar-refractivity contribution >= 4 is 35.7 Å². The van der Waals surface area contributed by atoms with Crippen molar-refractivity contribution in [3.8, 4) is 0 Å². The van der Waals surface area contributed by atoms with E-state index >= 15 is 0 Å². The fourth-order valence-electron chi connectivity index (χ4n) is 4.36. The molecule has 3 aromatic rings. The van der Waals surface area contributed by atoms with Crippen LogP contribution >= 0.6 is 0 Å². The van der Waals surface area contributed by atoms with Gasteiger partial charge in [-0.2, -0.15) is 4.57 Å². The van der Waals surface area contributed by atoms with Crippen molar-refractivity contribution in [1.82, 2.24) is 0 Å². The summed E-state index contributed by atoms with van der Waals surface area (Å²) in [6.45, 7) is 16.0. The first-order chi connectivity index (χ1) is 16.6. The molecular formula is C31H40N3+. The van der Waals surface area contributed by atoms with Gasteiger partial charge in [-0.25, -0.2) is 0 Å². The smallest absolute Gasteiger partial charge is 0.205 e. The summed E-state index contributed by atoms with van der Waals surface area (Å²) < 4.78 is 2.35. The highest BCUT2D eigenvalue weighted by atomic mass is 15.1. The van der Waals surface area contributed by atoms with Crippen LogP contribution in [-0.4, -0.2) is 26.2 Å². The lowest BCUT2D eigenvalue weighted by Crippen LogP contribution is -2.38. The summed E-state index contributed by atoms with van der Waals surface area (Å²) in [4.78, 5) is 4.73.